The topological polar surface area (TPSA) is 53.9 Å². The third-order valence-corrected chi connectivity index (χ3v) is 3.57. The second kappa shape index (κ2) is 6.87. The summed E-state index contributed by atoms with van der Waals surface area (Å²) in [5.74, 6) is 1.27. The average Bonchev–Trinajstić information content (AvgIpc) is 2.60. The van der Waals surface area contributed by atoms with Gasteiger partial charge < -0.3 is 10.2 Å². The van der Waals surface area contributed by atoms with Gasteiger partial charge >= 0.3 is 0 Å². The summed E-state index contributed by atoms with van der Waals surface area (Å²) in [4.78, 5) is 6.51. The summed E-state index contributed by atoms with van der Waals surface area (Å²) in [6.45, 7) is 2.75. The van der Waals surface area contributed by atoms with Gasteiger partial charge in [-0.05, 0) is 24.6 Å². The first-order valence-corrected chi connectivity index (χ1v) is 7.50. The molecular formula is C18H19N5. The SMILES string of the molecule is Cc1cccc(CNc2nncc(N(C)c3ccccc3)n2)c1. The number of nitrogens with one attached hydrogen (secondary N) is 1. The maximum atomic E-state index is 4.53. The number of benzene rings is 2. The first-order chi connectivity index (χ1) is 11.2. The van der Waals surface area contributed by atoms with Crippen molar-refractivity contribution in [1.29, 1.82) is 0 Å². The molecule has 5 heteroatoms. The fourth-order valence-electron chi connectivity index (χ4n) is 2.32. The molecule has 1 aromatic heterocycles. The number of para-hydroxylation sites is 1. The normalized spacial score (nSPS) is 10.3. The van der Waals surface area contributed by atoms with Gasteiger partial charge in [0.15, 0.2) is 5.82 Å². The lowest BCUT2D eigenvalue weighted by Gasteiger charge is -2.18. The van der Waals surface area contributed by atoms with Crippen LogP contribution in [-0.4, -0.2) is 22.2 Å². The Bertz CT molecular complexity index is 773. The predicted octanol–water partition coefficient (Wildman–Crippen LogP) is 3.56. The number of hydrogen-bond acceptors (Lipinski definition) is 5. The van der Waals surface area contributed by atoms with Gasteiger partial charge in [-0.2, -0.15) is 10.1 Å². The van der Waals surface area contributed by atoms with E-state index in [0.717, 1.165) is 11.5 Å². The van der Waals surface area contributed by atoms with Crippen LogP contribution in [0.2, 0.25) is 0 Å². The number of anilines is 3. The number of nitrogens with zero attached hydrogens (tertiary/aromatic N) is 4. The van der Waals surface area contributed by atoms with Crippen molar-refractivity contribution in [2.45, 2.75) is 13.5 Å². The highest BCUT2D eigenvalue weighted by Crippen LogP contribution is 2.20. The Balaban J connectivity index is 1.72. The van der Waals surface area contributed by atoms with Crippen LogP contribution >= 0.6 is 0 Å². The summed E-state index contributed by atoms with van der Waals surface area (Å²) in [7, 11) is 1.96. The van der Waals surface area contributed by atoms with Crippen molar-refractivity contribution < 1.29 is 0 Å². The molecule has 116 valence electrons. The molecule has 0 aliphatic carbocycles. The van der Waals surface area contributed by atoms with E-state index in [9.17, 15) is 0 Å². The molecule has 0 fully saturated rings. The Labute approximate surface area is 136 Å². The van der Waals surface area contributed by atoms with Crippen LogP contribution in [0.3, 0.4) is 0 Å². The third-order valence-electron chi connectivity index (χ3n) is 3.57. The van der Waals surface area contributed by atoms with Crippen LogP contribution in [0.4, 0.5) is 17.5 Å². The molecule has 0 aliphatic rings. The van der Waals surface area contributed by atoms with Gasteiger partial charge in [0.1, 0.15) is 0 Å². The first kappa shape index (κ1) is 15.0. The zero-order valence-electron chi connectivity index (χ0n) is 13.3. The minimum absolute atomic E-state index is 0.520. The van der Waals surface area contributed by atoms with Crippen molar-refractivity contribution in [2.24, 2.45) is 0 Å². The molecule has 1 N–H and O–H groups in total. The molecule has 2 aromatic carbocycles. The summed E-state index contributed by atoms with van der Waals surface area (Å²) in [5, 5.41) is 11.3. The number of aryl methyl sites for hydroxylation is 1. The molecule has 0 atom stereocenters. The van der Waals surface area contributed by atoms with Gasteiger partial charge in [-0.15, -0.1) is 5.10 Å². The van der Waals surface area contributed by atoms with Gasteiger partial charge in [-0.25, -0.2) is 0 Å². The summed E-state index contributed by atoms with van der Waals surface area (Å²) >= 11 is 0. The van der Waals surface area contributed by atoms with Crippen LogP contribution in [0.1, 0.15) is 11.1 Å². The largest absolute Gasteiger partial charge is 0.349 e. The molecule has 3 aromatic rings. The lowest BCUT2D eigenvalue weighted by atomic mass is 10.1. The number of rotatable bonds is 5. The standard InChI is InChI=1S/C18H19N5/c1-14-7-6-8-15(11-14)12-19-18-21-17(13-20-22-18)23(2)16-9-4-3-5-10-16/h3-11,13H,12H2,1-2H3,(H,19,21,22). The van der Waals surface area contributed by atoms with Crippen LogP contribution in [0, 0.1) is 6.92 Å². The molecule has 0 saturated carbocycles. The summed E-state index contributed by atoms with van der Waals surface area (Å²) in [6.07, 6.45) is 1.66. The van der Waals surface area contributed by atoms with E-state index in [1.54, 1.807) is 6.20 Å². The number of aromatic nitrogens is 3. The predicted molar refractivity (Wildman–Crippen MR) is 92.8 cm³/mol. The smallest absolute Gasteiger partial charge is 0.244 e. The van der Waals surface area contributed by atoms with Gasteiger partial charge in [0.25, 0.3) is 0 Å². The molecule has 0 unspecified atom stereocenters. The van der Waals surface area contributed by atoms with Crippen LogP contribution in [0.25, 0.3) is 0 Å². The van der Waals surface area contributed by atoms with Crippen molar-refractivity contribution in [3.63, 3.8) is 0 Å². The second-order valence-electron chi connectivity index (χ2n) is 5.38. The molecule has 3 rings (SSSR count). The highest BCUT2D eigenvalue weighted by Gasteiger charge is 2.07. The maximum Gasteiger partial charge on any atom is 0.244 e. The van der Waals surface area contributed by atoms with Crippen molar-refractivity contribution in [3.05, 3.63) is 71.9 Å². The van der Waals surface area contributed by atoms with E-state index in [4.69, 9.17) is 0 Å². The van der Waals surface area contributed by atoms with Gasteiger partial charge in [-0.3, -0.25) is 0 Å². The van der Waals surface area contributed by atoms with E-state index in [2.05, 4.69) is 45.6 Å². The summed E-state index contributed by atoms with van der Waals surface area (Å²) in [6, 6.07) is 18.4. The van der Waals surface area contributed by atoms with Gasteiger partial charge in [0.2, 0.25) is 5.95 Å². The van der Waals surface area contributed by atoms with E-state index >= 15 is 0 Å². The molecule has 0 saturated heterocycles. The van der Waals surface area contributed by atoms with Crippen LogP contribution in [-0.2, 0) is 6.54 Å². The summed E-state index contributed by atoms with van der Waals surface area (Å²) < 4.78 is 0. The Morgan fingerprint density at radius 2 is 1.87 bits per heavy atom. The zero-order chi connectivity index (χ0) is 16.1. The van der Waals surface area contributed by atoms with Crippen molar-refractivity contribution in [2.75, 3.05) is 17.3 Å². The van der Waals surface area contributed by atoms with Crippen LogP contribution < -0.4 is 10.2 Å². The Morgan fingerprint density at radius 3 is 2.65 bits per heavy atom. The van der Waals surface area contributed by atoms with Gasteiger partial charge in [0, 0.05) is 19.3 Å². The minimum Gasteiger partial charge on any atom is -0.349 e. The molecular weight excluding hydrogens is 286 g/mol. The fourth-order valence-corrected chi connectivity index (χ4v) is 2.32. The Hall–Kier alpha value is -2.95. The summed E-state index contributed by atoms with van der Waals surface area (Å²) in [5.41, 5.74) is 3.48. The van der Waals surface area contributed by atoms with Gasteiger partial charge in [-0.1, -0.05) is 48.0 Å². The van der Waals surface area contributed by atoms with Crippen molar-refractivity contribution in [3.8, 4) is 0 Å². The third kappa shape index (κ3) is 3.83. The maximum absolute atomic E-state index is 4.53. The Kier molecular flexibility index (Phi) is 4.47. The lowest BCUT2D eigenvalue weighted by Crippen LogP contribution is -2.14. The van der Waals surface area contributed by atoms with Crippen LogP contribution in [0.15, 0.2) is 60.8 Å². The molecule has 5 nitrogen and oxygen atoms in total. The quantitative estimate of drug-likeness (QED) is 0.781. The first-order valence-electron chi connectivity index (χ1n) is 7.50. The van der Waals surface area contributed by atoms with Crippen molar-refractivity contribution >= 4 is 17.5 Å². The van der Waals surface area contributed by atoms with E-state index in [0.29, 0.717) is 12.5 Å². The van der Waals surface area contributed by atoms with E-state index in [1.165, 1.54) is 11.1 Å². The molecule has 0 radical (unpaired) electrons. The van der Waals surface area contributed by atoms with E-state index in [-0.39, 0.29) is 0 Å². The zero-order valence-corrected chi connectivity index (χ0v) is 13.3. The number of hydrogen-bond donors (Lipinski definition) is 1. The minimum atomic E-state index is 0.520. The highest BCUT2D eigenvalue weighted by molar-refractivity contribution is 5.58. The fraction of sp³-hybridized carbons (Fsp3) is 0.167. The van der Waals surface area contributed by atoms with Crippen molar-refractivity contribution in [1.82, 2.24) is 15.2 Å². The Morgan fingerprint density at radius 1 is 1.04 bits per heavy atom. The molecule has 23 heavy (non-hydrogen) atoms. The van der Waals surface area contributed by atoms with E-state index < -0.39 is 0 Å². The lowest BCUT2D eigenvalue weighted by molar-refractivity contribution is 0.929. The molecule has 0 amide bonds. The average molecular weight is 305 g/mol. The second-order valence-corrected chi connectivity index (χ2v) is 5.38. The molecule has 0 spiro atoms. The monoisotopic (exact) mass is 305 g/mol. The molecule has 0 bridgehead atoms. The van der Waals surface area contributed by atoms with E-state index in [1.807, 2.05) is 48.3 Å². The van der Waals surface area contributed by atoms with Crippen LogP contribution in [0.5, 0.6) is 0 Å². The molecule has 0 aliphatic heterocycles. The highest BCUT2D eigenvalue weighted by atomic mass is 15.3. The molecule has 1 heterocycles. The van der Waals surface area contributed by atoms with Gasteiger partial charge in [0.05, 0.1) is 6.20 Å².